The van der Waals surface area contributed by atoms with Crippen LogP contribution in [-0.2, 0) is 9.59 Å². The number of fused-ring (bicyclic) bond motifs is 1. The van der Waals surface area contributed by atoms with Gasteiger partial charge in [-0.15, -0.1) is 0 Å². The first-order valence-corrected chi connectivity index (χ1v) is 9.18. The van der Waals surface area contributed by atoms with Gasteiger partial charge in [-0.05, 0) is 41.1 Å². The maximum atomic E-state index is 12.1. The van der Waals surface area contributed by atoms with Crippen molar-refractivity contribution in [3.8, 4) is 11.5 Å². The second-order valence-electron chi connectivity index (χ2n) is 5.93. The lowest BCUT2D eigenvalue weighted by molar-refractivity contribution is -0.138. The van der Waals surface area contributed by atoms with Gasteiger partial charge in [-0.25, -0.2) is 5.43 Å². The highest BCUT2D eigenvalue weighted by Crippen LogP contribution is 2.37. The average Bonchev–Trinajstić information content (AvgIpc) is 3.31. The lowest BCUT2D eigenvalue weighted by Crippen LogP contribution is -2.20. The van der Waals surface area contributed by atoms with E-state index < -0.39 is 17.8 Å². The summed E-state index contributed by atoms with van der Waals surface area (Å²) in [5.74, 6) is -1.15. The van der Waals surface area contributed by atoms with E-state index in [1.54, 1.807) is 25.1 Å². The first-order chi connectivity index (χ1) is 13.8. The number of ether oxygens (including phenoxy) is 2. The van der Waals surface area contributed by atoms with Crippen LogP contribution in [0.2, 0.25) is 0 Å². The Bertz CT molecular complexity index is 999. The minimum atomic E-state index is -1.07. The number of rotatable bonds is 7. The minimum absolute atomic E-state index is 0.0332. The number of hydrogen-bond donors (Lipinski definition) is 3. The first-order valence-electron chi connectivity index (χ1n) is 8.39. The molecular weight excluding hydrogens is 450 g/mol. The van der Waals surface area contributed by atoms with Crippen molar-refractivity contribution in [1.29, 1.82) is 0 Å². The Morgan fingerprint density at radius 1 is 1.17 bits per heavy atom. The fourth-order valence-corrected chi connectivity index (χ4v) is 2.77. The number of furan rings is 1. The van der Waals surface area contributed by atoms with Gasteiger partial charge in [0, 0.05) is 18.1 Å². The third-order valence-corrected chi connectivity index (χ3v) is 4.29. The molecule has 10 nitrogen and oxygen atoms in total. The quantitative estimate of drug-likeness (QED) is 0.421. The van der Waals surface area contributed by atoms with Gasteiger partial charge in [-0.1, -0.05) is 0 Å². The topological polar surface area (TPSA) is 139 Å². The molecule has 2 heterocycles. The fraction of sp³-hybridized carbons (Fsp3) is 0.222. The number of hydrazone groups is 1. The van der Waals surface area contributed by atoms with Gasteiger partial charge in [-0.2, -0.15) is 5.10 Å². The van der Waals surface area contributed by atoms with Gasteiger partial charge < -0.3 is 24.3 Å². The highest BCUT2D eigenvalue weighted by atomic mass is 79.9. The minimum Gasteiger partial charge on any atom is -0.481 e. The van der Waals surface area contributed by atoms with Crippen LogP contribution < -0.4 is 20.2 Å². The van der Waals surface area contributed by atoms with E-state index in [2.05, 4.69) is 31.8 Å². The van der Waals surface area contributed by atoms with Crippen molar-refractivity contribution in [3.63, 3.8) is 0 Å². The Balaban J connectivity index is 1.81. The van der Waals surface area contributed by atoms with Crippen molar-refractivity contribution in [2.45, 2.75) is 19.8 Å². The van der Waals surface area contributed by atoms with Crippen LogP contribution in [0.4, 0.5) is 5.69 Å². The summed E-state index contributed by atoms with van der Waals surface area (Å²) in [4.78, 5) is 34.8. The van der Waals surface area contributed by atoms with E-state index in [4.69, 9.17) is 19.0 Å². The summed E-state index contributed by atoms with van der Waals surface area (Å²) in [5.41, 5.74) is 3.56. The molecule has 0 fully saturated rings. The van der Waals surface area contributed by atoms with Crippen LogP contribution in [-0.4, -0.2) is 35.4 Å². The molecule has 2 amide bonds. The summed E-state index contributed by atoms with van der Waals surface area (Å²) in [5, 5.41) is 15.4. The molecule has 1 aliphatic heterocycles. The smallest absolute Gasteiger partial charge is 0.307 e. The van der Waals surface area contributed by atoms with Gasteiger partial charge in [0.2, 0.25) is 12.7 Å². The second kappa shape index (κ2) is 8.78. The summed E-state index contributed by atoms with van der Waals surface area (Å²) >= 11 is 3.11. The maximum Gasteiger partial charge on any atom is 0.307 e. The molecule has 0 spiro atoms. The Kier molecular flexibility index (Phi) is 6.17. The number of carboxylic acids is 1. The van der Waals surface area contributed by atoms with Crippen molar-refractivity contribution in [2.75, 3.05) is 12.1 Å². The van der Waals surface area contributed by atoms with E-state index in [0.29, 0.717) is 33.1 Å². The van der Waals surface area contributed by atoms with Gasteiger partial charge in [0.1, 0.15) is 0 Å². The Labute approximate surface area is 173 Å². The van der Waals surface area contributed by atoms with Crippen LogP contribution in [0.25, 0.3) is 0 Å². The lowest BCUT2D eigenvalue weighted by atomic mass is 10.1. The van der Waals surface area contributed by atoms with E-state index in [-0.39, 0.29) is 25.4 Å². The van der Waals surface area contributed by atoms with Crippen LogP contribution in [0.15, 0.2) is 38.5 Å². The zero-order valence-corrected chi connectivity index (χ0v) is 16.7. The van der Waals surface area contributed by atoms with Crippen LogP contribution in [0, 0.1) is 0 Å². The van der Waals surface area contributed by atoms with Crippen molar-refractivity contribution in [2.24, 2.45) is 5.10 Å². The van der Waals surface area contributed by atoms with E-state index in [0.717, 1.165) is 0 Å². The number of carbonyl (C=O) groups excluding carboxylic acids is 2. The number of carbonyl (C=O) groups is 3. The zero-order valence-electron chi connectivity index (χ0n) is 15.2. The molecule has 1 aromatic heterocycles. The Morgan fingerprint density at radius 3 is 2.55 bits per heavy atom. The van der Waals surface area contributed by atoms with Crippen LogP contribution in [0.1, 0.15) is 35.9 Å². The number of hydrogen-bond acceptors (Lipinski definition) is 7. The van der Waals surface area contributed by atoms with Crippen LogP contribution in [0.3, 0.4) is 0 Å². The number of amides is 2. The summed E-state index contributed by atoms with van der Waals surface area (Å²) in [6.45, 7) is 1.66. The van der Waals surface area contributed by atoms with Crippen molar-refractivity contribution < 1.29 is 33.4 Å². The van der Waals surface area contributed by atoms with Crippen molar-refractivity contribution in [1.82, 2.24) is 5.43 Å². The number of nitrogens with zero attached hydrogens (tertiary/aromatic N) is 1. The fourth-order valence-electron chi connectivity index (χ4n) is 2.46. The highest BCUT2D eigenvalue weighted by Gasteiger charge is 2.20. The molecule has 11 heteroatoms. The van der Waals surface area contributed by atoms with Crippen molar-refractivity contribution in [3.05, 3.63) is 40.3 Å². The Hall–Kier alpha value is -3.34. The molecule has 0 atom stereocenters. The molecule has 2 aromatic rings. The largest absolute Gasteiger partial charge is 0.481 e. The molecule has 0 saturated heterocycles. The molecule has 29 heavy (non-hydrogen) atoms. The SMILES string of the molecule is C/C(=N/NC(=O)c1ccc(Br)o1)c1cc2c(cc1NC(=O)CCC(=O)O)OCO2. The van der Waals surface area contributed by atoms with Gasteiger partial charge >= 0.3 is 11.9 Å². The molecule has 0 radical (unpaired) electrons. The summed E-state index contributed by atoms with van der Waals surface area (Å²) in [6, 6.07) is 6.23. The van der Waals surface area contributed by atoms with E-state index >= 15 is 0 Å². The molecule has 152 valence electrons. The number of nitrogens with one attached hydrogen (secondary N) is 2. The number of aliphatic carboxylic acids is 1. The molecular formula is C18H16BrN3O7. The van der Waals surface area contributed by atoms with E-state index in [1.807, 2.05) is 0 Å². The summed E-state index contributed by atoms with van der Waals surface area (Å²) < 4.78 is 16.2. The molecule has 1 aliphatic rings. The monoisotopic (exact) mass is 465 g/mol. The predicted molar refractivity (Wildman–Crippen MR) is 104 cm³/mol. The third-order valence-electron chi connectivity index (χ3n) is 3.86. The van der Waals surface area contributed by atoms with Gasteiger partial charge in [0.05, 0.1) is 17.8 Å². The van der Waals surface area contributed by atoms with Gasteiger partial charge in [0.15, 0.2) is 21.9 Å². The third kappa shape index (κ3) is 5.13. The van der Waals surface area contributed by atoms with Crippen LogP contribution in [0.5, 0.6) is 11.5 Å². The zero-order chi connectivity index (χ0) is 21.0. The molecule has 1 aromatic carbocycles. The van der Waals surface area contributed by atoms with E-state index in [9.17, 15) is 14.4 Å². The molecule has 0 saturated carbocycles. The highest BCUT2D eigenvalue weighted by molar-refractivity contribution is 9.10. The maximum absolute atomic E-state index is 12.1. The predicted octanol–water partition coefficient (Wildman–Crippen LogP) is 2.73. The van der Waals surface area contributed by atoms with E-state index in [1.165, 1.54) is 6.07 Å². The molecule has 0 aliphatic carbocycles. The summed E-state index contributed by atoms with van der Waals surface area (Å²) in [6.07, 6.45) is -0.489. The molecule has 3 rings (SSSR count). The second-order valence-corrected chi connectivity index (χ2v) is 6.72. The first kappa shape index (κ1) is 20.4. The molecule has 0 unspecified atom stereocenters. The number of carboxylic acid groups (broad SMARTS) is 1. The van der Waals surface area contributed by atoms with Gasteiger partial charge in [-0.3, -0.25) is 14.4 Å². The average molecular weight is 466 g/mol. The van der Waals surface area contributed by atoms with Gasteiger partial charge in [0.25, 0.3) is 0 Å². The molecule has 0 bridgehead atoms. The van der Waals surface area contributed by atoms with Crippen molar-refractivity contribution >= 4 is 45.1 Å². The molecule has 3 N–H and O–H groups in total. The lowest BCUT2D eigenvalue weighted by Gasteiger charge is -2.12. The number of benzene rings is 1. The number of halogens is 1. The summed E-state index contributed by atoms with van der Waals surface area (Å²) in [7, 11) is 0. The normalized spacial score (nSPS) is 12.6. The Morgan fingerprint density at radius 2 is 1.90 bits per heavy atom. The standard InChI is InChI=1S/C18H16BrN3O7/c1-9(21-22-18(26)12-2-3-15(19)29-12)10-6-13-14(28-8-27-13)7-11(10)20-16(23)4-5-17(24)25/h2-3,6-7H,4-5,8H2,1H3,(H,20,23)(H,22,26)(H,24,25)/b21-9-. The van der Waals surface area contributed by atoms with Crippen LogP contribution >= 0.6 is 15.9 Å². The number of anilines is 1.